The van der Waals surface area contributed by atoms with Crippen molar-refractivity contribution in [1.82, 2.24) is 19.9 Å². The first-order chi connectivity index (χ1) is 29.6. The Balaban J connectivity index is 1.15. The fraction of sp³-hybridized carbons (Fsp3) is 0. The number of H-pyrrole nitrogens is 2. The summed E-state index contributed by atoms with van der Waals surface area (Å²) in [6, 6.07) is 59.2. The van der Waals surface area contributed by atoms with Crippen LogP contribution in [-0.4, -0.2) is 19.9 Å². The van der Waals surface area contributed by atoms with Crippen molar-refractivity contribution < 1.29 is 0 Å². The largest absolute Gasteiger partial charge is 0.353 e. The number of halogens is 2. The molecule has 282 valence electrons. The Bertz CT molecular complexity index is 3640. The summed E-state index contributed by atoms with van der Waals surface area (Å²) in [7, 11) is 0. The number of nitrogens with one attached hydrogen (secondary N) is 2. The Morgan fingerprint density at radius 1 is 0.367 bits per heavy atom. The van der Waals surface area contributed by atoms with Gasteiger partial charge in [0.15, 0.2) is 0 Å². The number of hydrogen-bond donors (Lipinski definition) is 2. The molecule has 8 aromatic carbocycles. The highest BCUT2D eigenvalue weighted by Gasteiger charge is 2.26. The van der Waals surface area contributed by atoms with Crippen molar-refractivity contribution in [1.29, 1.82) is 0 Å². The third kappa shape index (κ3) is 5.32. The standard InChI is InChI=1S/C54H32Cl2N4/c55-43-22-8-7-17-37(43)38-18-9-20-40-47-45(31-12-3-1-4-13-31)54-48(46(53(47)59-51(38)40)32-14-5-2-6-15-32)41-21-10-19-39(52(41)60-54)42-29-34(25-26-44(42)56)36-28-35-24-23-33-16-11-27-57-49(33)50(35)58-30-36/h1-30,59-60H. The second-order valence-electron chi connectivity index (χ2n) is 15.3. The van der Waals surface area contributed by atoms with Crippen molar-refractivity contribution in [3.05, 3.63) is 192 Å². The van der Waals surface area contributed by atoms with E-state index in [1.807, 2.05) is 42.7 Å². The number of nitrogens with zero attached hydrogens (tertiary/aromatic N) is 2. The lowest BCUT2D eigenvalue weighted by Crippen LogP contribution is -1.88. The maximum absolute atomic E-state index is 7.19. The molecule has 0 amide bonds. The van der Waals surface area contributed by atoms with Crippen LogP contribution in [0.25, 0.3) is 121 Å². The summed E-state index contributed by atoms with van der Waals surface area (Å²) < 4.78 is 0. The maximum atomic E-state index is 7.19. The minimum Gasteiger partial charge on any atom is -0.353 e. The van der Waals surface area contributed by atoms with Crippen molar-refractivity contribution in [3.63, 3.8) is 0 Å². The number of para-hydroxylation sites is 2. The Morgan fingerprint density at radius 3 is 1.60 bits per heavy atom. The summed E-state index contributed by atoms with van der Waals surface area (Å²) in [5.41, 5.74) is 16.5. The van der Waals surface area contributed by atoms with Crippen LogP contribution in [-0.2, 0) is 0 Å². The molecule has 0 spiro atoms. The summed E-state index contributed by atoms with van der Waals surface area (Å²) in [4.78, 5) is 17.6. The summed E-state index contributed by atoms with van der Waals surface area (Å²) in [5, 5.41) is 8.03. The van der Waals surface area contributed by atoms with Gasteiger partial charge in [-0.3, -0.25) is 9.97 Å². The van der Waals surface area contributed by atoms with Gasteiger partial charge in [0, 0.05) is 93.7 Å². The molecule has 6 heteroatoms. The number of aromatic amines is 2. The van der Waals surface area contributed by atoms with Gasteiger partial charge in [-0.1, -0.05) is 163 Å². The third-order valence-corrected chi connectivity index (χ3v) is 12.6. The fourth-order valence-electron chi connectivity index (χ4n) is 9.30. The third-order valence-electron chi connectivity index (χ3n) is 12.0. The lowest BCUT2D eigenvalue weighted by Gasteiger charge is -2.13. The van der Waals surface area contributed by atoms with Crippen LogP contribution in [0.2, 0.25) is 10.0 Å². The van der Waals surface area contributed by atoms with Crippen LogP contribution in [0.5, 0.6) is 0 Å². The zero-order chi connectivity index (χ0) is 39.9. The summed E-state index contributed by atoms with van der Waals surface area (Å²) in [5.74, 6) is 0. The Labute approximate surface area is 354 Å². The molecule has 2 N–H and O–H groups in total. The van der Waals surface area contributed by atoms with Gasteiger partial charge in [-0.2, -0.15) is 0 Å². The maximum Gasteiger partial charge on any atom is 0.0964 e. The van der Waals surface area contributed by atoms with Crippen LogP contribution in [0.1, 0.15) is 0 Å². The summed E-state index contributed by atoms with van der Waals surface area (Å²) in [6.45, 7) is 0. The normalized spacial score (nSPS) is 11.8. The van der Waals surface area contributed by atoms with Gasteiger partial charge in [-0.15, -0.1) is 0 Å². The molecule has 0 aliphatic rings. The van der Waals surface area contributed by atoms with E-state index in [-0.39, 0.29) is 0 Å². The molecule has 60 heavy (non-hydrogen) atoms. The zero-order valence-corrected chi connectivity index (χ0v) is 33.5. The molecular weight excluding hydrogens is 776 g/mol. The number of rotatable bonds is 5. The smallest absolute Gasteiger partial charge is 0.0964 e. The number of benzene rings is 8. The van der Waals surface area contributed by atoms with Crippen molar-refractivity contribution >= 4 is 88.6 Å². The molecule has 4 heterocycles. The monoisotopic (exact) mass is 806 g/mol. The van der Waals surface area contributed by atoms with Crippen molar-refractivity contribution in [2.75, 3.05) is 0 Å². The van der Waals surface area contributed by atoms with Gasteiger partial charge < -0.3 is 9.97 Å². The van der Waals surface area contributed by atoms with Gasteiger partial charge in [-0.25, -0.2) is 0 Å². The first-order valence-electron chi connectivity index (χ1n) is 19.9. The van der Waals surface area contributed by atoms with Crippen LogP contribution in [0.4, 0.5) is 0 Å². The molecule has 0 bridgehead atoms. The highest BCUT2D eigenvalue weighted by atomic mass is 35.5. The van der Waals surface area contributed by atoms with E-state index in [9.17, 15) is 0 Å². The molecule has 0 atom stereocenters. The van der Waals surface area contributed by atoms with Crippen LogP contribution in [0, 0.1) is 0 Å². The summed E-state index contributed by atoms with van der Waals surface area (Å²) >= 11 is 14.1. The topological polar surface area (TPSA) is 57.4 Å². The fourth-order valence-corrected chi connectivity index (χ4v) is 9.76. The predicted octanol–water partition coefficient (Wildman–Crippen LogP) is 15.7. The van der Waals surface area contributed by atoms with Crippen LogP contribution >= 0.6 is 23.2 Å². The van der Waals surface area contributed by atoms with E-state index in [0.29, 0.717) is 10.0 Å². The number of hydrogen-bond acceptors (Lipinski definition) is 2. The van der Waals surface area contributed by atoms with E-state index in [1.54, 1.807) is 0 Å². The molecule has 4 nitrogen and oxygen atoms in total. The number of aromatic nitrogens is 4. The molecule has 12 rings (SSSR count). The van der Waals surface area contributed by atoms with E-state index in [4.69, 9.17) is 28.2 Å². The van der Waals surface area contributed by atoms with E-state index in [1.165, 1.54) is 0 Å². The zero-order valence-electron chi connectivity index (χ0n) is 32.0. The second-order valence-corrected chi connectivity index (χ2v) is 16.1. The van der Waals surface area contributed by atoms with Crippen molar-refractivity contribution in [3.8, 4) is 55.6 Å². The molecule has 4 aromatic heterocycles. The Hall–Kier alpha value is -7.24. The minimum atomic E-state index is 0.672. The van der Waals surface area contributed by atoms with E-state index >= 15 is 0 Å². The second kappa shape index (κ2) is 13.7. The lowest BCUT2D eigenvalue weighted by molar-refractivity contribution is 1.37. The molecule has 0 radical (unpaired) electrons. The van der Waals surface area contributed by atoms with E-state index < -0.39 is 0 Å². The first-order valence-corrected chi connectivity index (χ1v) is 20.7. The molecule has 0 fully saturated rings. The highest BCUT2D eigenvalue weighted by molar-refractivity contribution is 6.36. The van der Waals surface area contributed by atoms with Crippen LogP contribution in [0.15, 0.2) is 182 Å². The average Bonchev–Trinajstić information content (AvgIpc) is 3.88. The quantitative estimate of drug-likeness (QED) is 0.170. The van der Waals surface area contributed by atoms with Gasteiger partial charge in [-0.05, 0) is 47.0 Å². The predicted molar refractivity (Wildman–Crippen MR) is 253 cm³/mol. The number of fused-ring (bicyclic) bond motifs is 9. The van der Waals surface area contributed by atoms with Crippen molar-refractivity contribution in [2.24, 2.45) is 0 Å². The van der Waals surface area contributed by atoms with Crippen LogP contribution in [0.3, 0.4) is 0 Å². The number of pyridine rings is 2. The molecule has 12 aromatic rings. The molecular formula is C54H32Cl2N4. The molecule has 0 unspecified atom stereocenters. The molecule has 0 saturated carbocycles. The van der Waals surface area contributed by atoms with E-state index in [2.05, 4.69) is 154 Å². The SMILES string of the molecule is Clc1ccccc1-c1cccc2c1[nH]c1c(-c3ccccc3)c3c([nH]c4c(-c5cc(-c6cnc7c(ccc8cccnc87)c6)ccc5Cl)cccc43)c(-c3ccccc3)c12. The van der Waals surface area contributed by atoms with Gasteiger partial charge >= 0.3 is 0 Å². The highest BCUT2D eigenvalue weighted by Crippen LogP contribution is 2.51. The Kier molecular flexibility index (Phi) is 7.92. The van der Waals surface area contributed by atoms with E-state index in [0.717, 1.165) is 121 Å². The van der Waals surface area contributed by atoms with Gasteiger partial charge in [0.05, 0.1) is 33.1 Å². The first kappa shape index (κ1) is 34.8. The molecule has 0 saturated heterocycles. The van der Waals surface area contributed by atoms with Gasteiger partial charge in [0.1, 0.15) is 0 Å². The summed E-state index contributed by atoms with van der Waals surface area (Å²) in [6.07, 6.45) is 3.76. The van der Waals surface area contributed by atoms with Gasteiger partial charge in [0.25, 0.3) is 0 Å². The van der Waals surface area contributed by atoms with Crippen molar-refractivity contribution in [2.45, 2.75) is 0 Å². The average molecular weight is 808 g/mol. The minimum absolute atomic E-state index is 0.672. The van der Waals surface area contributed by atoms with Gasteiger partial charge in [0.2, 0.25) is 0 Å². The Morgan fingerprint density at radius 2 is 0.933 bits per heavy atom. The lowest BCUT2D eigenvalue weighted by atomic mass is 9.89. The molecule has 0 aliphatic carbocycles. The van der Waals surface area contributed by atoms with Crippen LogP contribution < -0.4 is 0 Å². The molecule has 0 aliphatic heterocycles.